The zero-order valence-corrected chi connectivity index (χ0v) is 11.6. The van der Waals surface area contributed by atoms with Crippen molar-refractivity contribution >= 4 is 37.1 Å². The molecule has 0 radical (unpaired) electrons. The molecule has 0 unspecified atom stereocenters. The van der Waals surface area contributed by atoms with Gasteiger partial charge >= 0.3 is 0 Å². The third kappa shape index (κ3) is 2.41. The fourth-order valence-electron chi connectivity index (χ4n) is 1.51. The summed E-state index contributed by atoms with van der Waals surface area (Å²) in [5.74, 6) is 0.856. The van der Waals surface area contributed by atoms with Crippen LogP contribution in [0.15, 0.2) is 22.2 Å². The van der Waals surface area contributed by atoms with Crippen LogP contribution < -0.4 is 0 Å². The first-order chi connectivity index (χ1) is 7.93. The third-order valence-electron chi connectivity index (χ3n) is 2.10. The van der Waals surface area contributed by atoms with Crippen molar-refractivity contribution < 1.29 is 8.42 Å². The lowest BCUT2D eigenvalue weighted by Gasteiger charge is -2.00. The summed E-state index contributed by atoms with van der Waals surface area (Å²) in [5, 5.41) is 4.88. The topological polar surface area (TPSA) is 64.3 Å². The van der Waals surface area contributed by atoms with Crippen LogP contribution in [0.3, 0.4) is 0 Å². The number of halogens is 1. The Bertz CT molecular complexity index is 666. The van der Waals surface area contributed by atoms with E-state index in [0.717, 1.165) is 10.8 Å². The fraction of sp³-hybridized carbons (Fsp3) is 0.333. The molecule has 0 saturated carbocycles. The molecule has 0 saturated heterocycles. The SMILES string of the molecule is CCSc1ccc2nc(C)c(S(=O)(=O)Cl)n2n1. The molecule has 92 valence electrons. The molecule has 0 atom stereocenters. The molecule has 0 N–H and O–H groups in total. The number of aryl methyl sites for hydroxylation is 1. The van der Waals surface area contributed by atoms with Crippen molar-refractivity contribution in [3.63, 3.8) is 0 Å². The molecule has 0 aromatic carbocycles. The smallest absolute Gasteiger partial charge is 0.231 e. The summed E-state index contributed by atoms with van der Waals surface area (Å²) in [6.07, 6.45) is 0. The number of imidazole rings is 1. The molecular formula is C9H10ClN3O2S2. The van der Waals surface area contributed by atoms with E-state index in [9.17, 15) is 8.42 Å². The van der Waals surface area contributed by atoms with Crippen molar-refractivity contribution in [3.8, 4) is 0 Å². The van der Waals surface area contributed by atoms with Gasteiger partial charge in [-0.3, -0.25) is 0 Å². The number of fused-ring (bicyclic) bond motifs is 1. The van der Waals surface area contributed by atoms with E-state index < -0.39 is 9.05 Å². The normalized spacial score (nSPS) is 12.2. The summed E-state index contributed by atoms with van der Waals surface area (Å²) in [7, 11) is 1.53. The van der Waals surface area contributed by atoms with Crippen LogP contribution in [-0.2, 0) is 9.05 Å². The molecule has 0 fully saturated rings. The molecule has 0 spiro atoms. The van der Waals surface area contributed by atoms with E-state index in [2.05, 4.69) is 10.1 Å². The highest BCUT2D eigenvalue weighted by atomic mass is 35.7. The standard InChI is InChI=1S/C9H10ClN3O2S2/c1-3-16-8-5-4-7-11-6(2)9(13(7)12-8)17(10,14)15/h4-5H,3H2,1-2H3. The van der Waals surface area contributed by atoms with Gasteiger partial charge in [-0.2, -0.15) is 9.61 Å². The lowest BCUT2D eigenvalue weighted by molar-refractivity contribution is 0.599. The highest BCUT2D eigenvalue weighted by Gasteiger charge is 2.21. The van der Waals surface area contributed by atoms with Crippen LogP contribution in [-0.4, -0.2) is 28.8 Å². The summed E-state index contributed by atoms with van der Waals surface area (Å²) >= 11 is 1.52. The van der Waals surface area contributed by atoms with Gasteiger partial charge in [0.05, 0.1) is 5.69 Å². The molecule has 2 aromatic heterocycles. The van der Waals surface area contributed by atoms with Gasteiger partial charge in [0, 0.05) is 10.7 Å². The van der Waals surface area contributed by atoms with Crippen LogP contribution in [0.25, 0.3) is 5.65 Å². The van der Waals surface area contributed by atoms with Crippen LogP contribution in [0.4, 0.5) is 0 Å². The van der Waals surface area contributed by atoms with Crippen LogP contribution in [0.5, 0.6) is 0 Å². The molecular weight excluding hydrogens is 282 g/mol. The van der Waals surface area contributed by atoms with Gasteiger partial charge in [-0.15, -0.1) is 11.8 Å². The molecule has 8 heteroatoms. The summed E-state index contributed by atoms with van der Waals surface area (Å²) in [4.78, 5) is 4.11. The van der Waals surface area contributed by atoms with Crippen LogP contribution in [0.2, 0.25) is 0 Å². The third-order valence-corrected chi connectivity index (χ3v) is 4.27. The second-order valence-electron chi connectivity index (χ2n) is 3.31. The quantitative estimate of drug-likeness (QED) is 0.640. The second-order valence-corrected chi connectivity index (χ2v) is 7.08. The molecule has 5 nitrogen and oxygen atoms in total. The van der Waals surface area contributed by atoms with E-state index in [-0.39, 0.29) is 5.03 Å². The lowest BCUT2D eigenvalue weighted by Crippen LogP contribution is -2.02. The number of hydrogen-bond donors (Lipinski definition) is 0. The number of aromatic nitrogens is 3. The Morgan fingerprint density at radius 3 is 2.76 bits per heavy atom. The zero-order valence-electron chi connectivity index (χ0n) is 9.21. The Labute approximate surface area is 108 Å². The van der Waals surface area contributed by atoms with Gasteiger partial charge < -0.3 is 0 Å². The summed E-state index contributed by atoms with van der Waals surface area (Å²) in [5.41, 5.74) is 0.827. The van der Waals surface area contributed by atoms with Gasteiger partial charge in [0.15, 0.2) is 10.7 Å². The first-order valence-corrected chi connectivity index (χ1v) is 8.17. The highest BCUT2D eigenvalue weighted by molar-refractivity contribution is 8.13. The van der Waals surface area contributed by atoms with Crippen molar-refractivity contribution in [1.82, 2.24) is 14.6 Å². The molecule has 17 heavy (non-hydrogen) atoms. The number of hydrogen-bond acceptors (Lipinski definition) is 5. The Balaban J connectivity index is 2.74. The van der Waals surface area contributed by atoms with E-state index in [1.54, 1.807) is 19.1 Å². The van der Waals surface area contributed by atoms with Crippen LogP contribution >= 0.6 is 22.4 Å². The maximum Gasteiger partial charge on any atom is 0.280 e. The Hall–Kier alpha value is -0.790. The Morgan fingerprint density at radius 2 is 2.18 bits per heavy atom. The van der Waals surface area contributed by atoms with Gasteiger partial charge in [0.2, 0.25) is 0 Å². The monoisotopic (exact) mass is 291 g/mol. The minimum atomic E-state index is -3.85. The van der Waals surface area contributed by atoms with Crippen molar-refractivity contribution in [1.29, 1.82) is 0 Å². The van der Waals surface area contributed by atoms with E-state index >= 15 is 0 Å². The van der Waals surface area contributed by atoms with Gasteiger partial charge in [0.1, 0.15) is 5.03 Å². The summed E-state index contributed by atoms with van der Waals surface area (Å²) < 4.78 is 24.2. The van der Waals surface area contributed by atoms with Crippen molar-refractivity contribution in [2.24, 2.45) is 0 Å². The predicted octanol–water partition coefficient (Wildman–Crippen LogP) is 2.08. The van der Waals surface area contributed by atoms with E-state index in [1.807, 2.05) is 6.92 Å². The van der Waals surface area contributed by atoms with Gasteiger partial charge in [-0.05, 0) is 24.8 Å². The average molecular weight is 292 g/mol. The maximum atomic E-state index is 11.5. The minimum Gasteiger partial charge on any atom is -0.231 e. The Morgan fingerprint density at radius 1 is 1.47 bits per heavy atom. The number of rotatable bonds is 3. The fourth-order valence-corrected chi connectivity index (χ4v) is 3.38. The van der Waals surface area contributed by atoms with Crippen molar-refractivity contribution in [2.75, 3.05) is 5.75 Å². The number of nitrogens with zero attached hydrogens (tertiary/aromatic N) is 3. The average Bonchev–Trinajstić information content (AvgIpc) is 2.53. The van der Waals surface area contributed by atoms with Gasteiger partial charge in [-0.25, -0.2) is 13.4 Å². The first-order valence-electron chi connectivity index (χ1n) is 4.87. The maximum absolute atomic E-state index is 11.5. The van der Waals surface area contributed by atoms with Gasteiger partial charge in [-0.1, -0.05) is 6.92 Å². The Kier molecular flexibility index (Phi) is 3.33. The molecule has 2 heterocycles. The molecule has 0 aliphatic carbocycles. The predicted molar refractivity (Wildman–Crippen MR) is 67.2 cm³/mol. The van der Waals surface area contributed by atoms with E-state index in [1.165, 1.54) is 16.3 Å². The van der Waals surface area contributed by atoms with E-state index in [0.29, 0.717) is 11.3 Å². The number of thioether (sulfide) groups is 1. The van der Waals surface area contributed by atoms with Crippen LogP contribution in [0, 0.1) is 6.92 Å². The minimum absolute atomic E-state index is 0.0623. The molecule has 0 bridgehead atoms. The second kappa shape index (κ2) is 4.47. The van der Waals surface area contributed by atoms with Crippen LogP contribution in [0.1, 0.15) is 12.6 Å². The molecule has 0 aliphatic rings. The summed E-state index contributed by atoms with van der Waals surface area (Å²) in [6.45, 7) is 3.59. The molecule has 2 rings (SSSR count). The lowest BCUT2D eigenvalue weighted by atomic mass is 10.6. The molecule has 0 aliphatic heterocycles. The van der Waals surface area contributed by atoms with Crippen molar-refractivity contribution in [3.05, 3.63) is 17.8 Å². The molecule has 2 aromatic rings. The first kappa shape index (κ1) is 12.7. The molecule has 0 amide bonds. The van der Waals surface area contributed by atoms with Gasteiger partial charge in [0.25, 0.3) is 9.05 Å². The largest absolute Gasteiger partial charge is 0.280 e. The van der Waals surface area contributed by atoms with Crippen molar-refractivity contribution in [2.45, 2.75) is 23.9 Å². The zero-order chi connectivity index (χ0) is 12.6. The van der Waals surface area contributed by atoms with E-state index in [4.69, 9.17) is 10.7 Å². The highest BCUT2D eigenvalue weighted by Crippen LogP contribution is 2.22. The summed E-state index contributed by atoms with van der Waals surface area (Å²) in [6, 6.07) is 3.53.